The van der Waals surface area contributed by atoms with Crippen molar-refractivity contribution in [3.05, 3.63) is 45.7 Å². The summed E-state index contributed by atoms with van der Waals surface area (Å²) in [6.07, 6.45) is 3.06. The molecule has 4 rings (SSSR count). The van der Waals surface area contributed by atoms with Crippen molar-refractivity contribution >= 4 is 55.9 Å². The maximum Gasteiger partial charge on any atom is 0.257 e. The Balaban J connectivity index is 1.66. The maximum absolute atomic E-state index is 12.8. The van der Waals surface area contributed by atoms with Crippen LogP contribution in [0.25, 0.3) is 11.0 Å². The molecular weight excluding hydrogens is 437 g/mol. The van der Waals surface area contributed by atoms with E-state index in [-0.39, 0.29) is 26.5 Å². The highest BCUT2D eigenvalue weighted by Gasteiger charge is 2.30. The number of amides is 1. The molecular formula is C18H17Cl2N5O3S. The van der Waals surface area contributed by atoms with Gasteiger partial charge in [-0.15, -0.1) is 0 Å². The van der Waals surface area contributed by atoms with Gasteiger partial charge in [-0.3, -0.25) is 9.48 Å². The molecule has 1 amide bonds. The van der Waals surface area contributed by atoms with Crippen LogP contribution in [0.2, 0.25) is 10.0 Å². The van der Waals surface area contributed by atoms with Gasteiger partial charge in [0.25, 0.3) is 5.91 Å². The van der Waals surface area contributed by atoms with Crippen LogP contribution in [0.3, 0.4) is 0 Å². The summed E-state index contributed by atoms with van der Waals surface area (Å²) >= 11 is 12.3. The topological polar surface area (TPSA) is 106 Å². The molecule has 0 aliphatic heterocycles. The zero-order valence-electron chi connectivity index (χ0n) is 15.5. The van der Waals surface area contributed by atoms with Crippen LogP contribution in [0.15, 0.2) is 29.3 Å². The number of nitrogens with one attached hydrogen (secondary N) is 2. The van der Waals surface area contributed by atoms with Crippen molar-refractivity contribution in [2.45, 2.75) is 30.7 Å². The van der Waals surface area contributed by atoms with Gasteiger partial charge in [0.05, 0.1) is 33.2 Å². The Hall–Kier alpha value is -2.20. The smallest absolute Gasteiger partial charge is 0.257 e. The Morgan fingerprint density at radius 1 is 1.21 bits per heavy atom. The van der Waals surface area contributed by atoms with Gasteiger partial charge in [0.1, 0.15) is 4.90 Å². The minimum atomic E-state index is -3.85. The van der Waals surface area contributed by atoms with Gasteiger partial charge in [0.2, 0.25) is 10.0 Å². The van der Waals surface area contributed by atoms with Gasteiger partial charge in [-0.25, -0.2) is 18.1 Å². The van der Waals surface area contributed by atoms with E-state index in [1.54, 1.807) is 17.8 Å². The van der Waals surface area contributed by atoms with Gasteiger partial charge in [0, 0.05) is 18.5 Å². The second-order valence-electron chi connectivity index (χ2n) is 6.92. The molecule has 11 heteroatoms. The van der Waals surface area contributed by atoms with Gasteiger partial charge < -0.3 is 5.32 Å². The molecule has 8 nitrogen and oxygen atoms in total. The first-order valence-corrected chi connectivity index (χ1v) is 11.0. The fourth-order valence-corrected chi connectivity index (χ4v) is 5.13. The summed E-state index contributed by atoms with van der Waals surface area (Å²) in [4.78, 5) is 16.9. The third kappa shape index (κ3) is 3.95. The number of anilines is 1. The molecule has 2 N–H and O–H groups in total. The van der Waals surface area contributed by atoms with Crippen molar-refractivity contribution in [2.24, 2.45) is 7.05 Å². The SMILES string of the molecule is Cc1nn(C)c2ncc(NC(=O)c3cc(S(=O)(=O)NC4CC4)c(Cl)cc3Cl)cc12. The molecule has 0 bridgehead atoms. The number of halogens is 2. The monoisotopic (exact) mass is 453 g/mol. The Kier molecular flexibility index (Phi) is 5.02. The summed E-state index contributed by atoms with van der Waals surface area (Å²) in [6, 6.07) is 4.10. The van der Waals surface area contributed by atoms with Gasteiger partial charge in [-0.1, -0.05) is 23.2 Å². The van der Waals surface area contributed by atoms with Crippen molar-refractivity contribution in [3.63, 3.8) is 0 Å². The number of sulfonamides is 1. The lowest BCUT2D eigenvalue weighted by Crippen LogP contribution is -2.26. The van der Waals surface area contributed by atoms with E-state index in [1.807, 2.05) is 6.92 Å². The number of rotatable bonds is 5. The van der Waals surface area contributed by atoms with Crippen LogP contribution >= 0.6 is 23.2 Å². The molecule has 2 heterocycles. The number of pyridine rings is 1. The Morgan fingerprint density at radius 2 is 1.93 bits per heavy atom. The van der Waals surface area contributed by atoms with Crippen molar-refractivity contribution in [3.8, 4) is 0 Å². The van der Waals surface area contributed by atoms with Crippen molar-refractivity contribution in [2.75, 3.05) is 5.32 Å². The molecule has 0 unspecified atom stereocenters. The number of carbonyl (C=O) groups excluding carboxylic acids is 1. The summed E-state index contributed by atoms with van der Waals surface area (Å²) in [5, 5.41) is 7.78. The highest BCUT2D eigenvalue weighted by molar-refractivity contribution is 7.89. The first-order valence-electron chi connectivity index (χ1n) is 8.78. The highest BCUT2D eigenvalue weighted by atomic mass is 35.5. The van der Waals surface area contributed by atoms with Gasteiger partial charge >= 0.3 is 0 Å². The molecule has 0 saturated heterocycles. The molecule has 1 aliphatic rings. The van der Waals surface area contributed by atoms with Crippen LogP contribution in [-0.2, 0) is 17.1 Å². The molecule has 1 aliphatic carbocycles. The number of hydrogen-bond acceptors (Lipinski definition) is 5. The van der Waals surface area contributed by atoms with Crippen molar-refractivity contribution in [1.82, 2.24) is 19.5 Å². The van der Waals surface area contributed by atoms with E-state index in [4.69, 9.17) is 23.2 Å². The average molecular weight is 454 g/mol. The molecule has 2 aromatic heterocycles. The fraction of sp³-hybridized carbons (Fsp3) is 0.278. The molecule has 3 aromatic rings. The van der Waals surface area contributed by atoms with E-state index in [9.17, 15) is 13.2 Å². The van der Waals surface area contributed by atoms with E-state index in [0.29, 0.717) is 11.3 Å². The third-order valence-corrected chi connectivity index (χ3v) is 6.87. The number of aromatic nitrogens is 3. The summed E-state index contributed by atoms with van der Waals surface area (Å²) in [5.41, 5.74) is 1.89. The molecule has 29 heavy (non-hydrogen) atoms. The van der Waals surface area contributed by atoms with E-state index in [1.165, 1.54) is 18.3 Å². The zero-order chi connectivity index (χ0) is 20.9. The maximum atomic E-state index is 12.8. The molecule has 1 saturated carbocycles. The van der Waals surface area contributed by atoms with Gasteiger partial charge in [-0.2, -0.15) is 5.10 Å². The first kappa shape index (κ1) is 20.1. The van der Waals surface area contributed by atoms with Crippen LogP contribution in [0, 0.1) is 6.92 Å². The van der Waals surface area contributed by atoms with E-state index >= 15 is 0 Å². The first-order chi connectivity index (χ1) is 13.7. The lowest BCUT2D eigenvalue weighted by atomic mass is 10.2. The summed E-state index contributed by atoms with van der Waals surface area (Å²) in [5.74, 6) is -0.572. The summed E-state index contributed by atoms with van der Waals surface area (Å²) < 4.78 is 29.3. The van der Waals surface area contributed by atoms with Crippen LogP contribution in [-0.4, -0.2) is 35.1 Å². The molecule has 0 atom stereocenters. The molecule has 1 fully saturated rings. The minimum Gasteiger partial charge on any atom is -0.321 e. The Morgan fingerprint density at radius 3 is 2.62 bits per heavy atom. The van der Waals surface area contributed by atoms with E-state index < -0.39 is 15.9 Å². The Bertz CT molecular complexity index is 1250. The van der Waals surface area contributed by atoms with Crippen molar-refractivity contribution < 1.29 is 13.2 Å². The van der Waals surface area contributed by atoms with Gasteiger partial charge in [-0.05, 0) is 38.0 Å². The standard InChI is InChI=1S/C18H17Cl2N5O3S/c1-9-12-5-11(8-21-17(12)25(2)23-9)22-18(26)13-6-16(15(20)7-14(13)19)29(27,28)24-10-3-4-10/h5-8,10,24H,3-4H2,1-2H3,(H,22,26). The second-order valence-corrected chi connectivity index (χ2v) is 9.41. The third-order valence-electron chi connectivity index (χ3n) is 4.58. The summed E-state index contributed by atoms with van der Waals surface area (Å²) in [7, 11) is -2.07. The van der Waals surface area contributed by atoms with E-state index in [2.05, 4.69) is 20.1 Å². The number of carbonyl (C=O) groups is 1. The largest absolute Gasteiger partial charge is 0.321 e. The quantitative estimate of drug-likeness (QED) is 0.616. The lowest BCUT2D eigenvalue weighted by Gasteiger charge is -2.12. The average Bonchev–Trinajstić information content (AvgIpc) is 3.39. The number of hydrogen-bond donors (Lipinski definition) is 2. The molecule has 152 valence electrons. The number of nitrogens with zero attached hydrogens (tertiary/aromatic N) is 3. The Labute approximate surface area is 177 Å². The van der Waals surface area contributed by atoms with Crippen LogP contribution in [0.5, 0.6) is 0 Å². The number of aryl methyl sites for hydroxylation is 2. The van der Waals surface area contributed by atoms with Gasteiger partial charge in [0.15, 0.2) is 5.65 Å². The normalized spacial score (nSPS) is 14.3. The lowest BCUT2D eigenvalue weighted by molar-refractivity contribution is 0.102. The number of fused-ring (bicyclic) bond motifs is 1. The number of benzene rings is 1. The zero-order valence-corrected chi connectivity index (χ0v) is 17.9. The predicted octanol–water partition coefficient (Wildman–Crippen LogP) is 3.28. The highest BCUT2D eigenvalue weighted by Crippen LogP contribution is 2.31. The fourth-order valence-electron chi connectivity index (χ4n) is 2.97. The van der Waals surface area contributed by atoms with E-state index in [0.717, 1.165) is 23.9 Å². The molecule has 0 spiro atoms. The molecule has 0 radical (unpaired) electrons. The second kappa shape index (κ2) is 7.24. The minimum absolute atomic E-state index is 0.00440. The van der Waals surface area contributed by atoms with Crippen molar-refractivity contribution in [1.29, 1.82) is 0 Å². The van der Waals surface area contributed by atoms with Crippen LogP contribution < -0.4 is 10.0 Å². The van der Waals surface area contributed by atoms with Crippen LogP contribution in [0.4, 0.5) is 5.69 Å². The molecule has 1 aromatic carbocycles. The summed E-state index contributed by atoms with van der Waals surface area (Å²) in [6.45, 7) is 1.84. The van der Waals surface area contributed by atoms with Crippen LogP contribution in [0.1, 0.15) is 28.9 Å². The predicted molar refractivity (Wildman–Crippen MR) is 111 cm³/mol.